The molecule has 0 N–H and O–H groups in total. The van der Waals surface area contributed by atoms with Crippen molar-refractivity contribution in [1.29, 1.82) is 0 Å². The minimum atomic E-state index is 0.332. The van der Waals surface area contributed by atoms with Crippen molar-refractivity contribution in [3.05, 3.63) is 39.0 Å². The van der Waals surface area contributed by atoms with Gasteiger partial charge in [-0.15, -0.1) is 11.3 Å². The number of nitrogens with zero attached hydrogens (tertiary/aromatic N) is 2. The maximum atomic E-state index is 6.12. The zero-order valence-corrected chi connectivity index (χ0v) is 14.7. The van der Waals surface area contributed by atoms with Gasteiger partial charge in [-0.3, -0.25) is 4.90 Å². The molecule has 124 valence electrons. The van der Waals surface area contributed by atoms with Crippen molar-refractivity contribution in [3.63, 3.8) is 0 Å². The van der Waals surface area contributed by atoms with E-state index in [1.165, 1.54) is 18.4 Å². The van der Waals surface area contributed by atoms with Gasteiger partial charge in [-0.05, 0) is 35.2 Å². The molecule has 1 aliphatic heterocycles. The second-order valence-electron chi connectivity index (χ2n) is 6.28. The third kappa shape index (κ3) is 3.67. The van der Waals surface area contributed by atoms with Gasteiger partial charge < -0.3 is 9.47 Å². The van der Waals surface area contributed by atoms with Crippen molar-refractivity contribution < 1.29 is 9.47 Å². The van der Waals surface area contributed by atoms with Crippen LogP contribution in [0, 0.1) is 5.92 Å². The number of fused-ring (bicyclic) bond motifs is 1. The highest BCUT2D eigenvalue weighted by Gasteiger charge is 2.42. The molecule has 0 bridgehead atoms. The smallest absolute Gasteiger partial charge is 0.118 e. The molecule has 0 aromatic carbocycles. The van der Waals surface area contributed by atoms with Gasteiger partial charge in [0.2, 0.25) is 0 Å². The summed E-state index contributed by atoms with van der Waals surface area (Å²) >= 11 is 3.44. The molecule has 0 radical (unpaired) electrons. The lowest BCUT2D eigenvalue weighted by atomic mass is 10.0. The van der Waals surface area contributed by atoms with Crippen LogP contribution in [-0.2, 0) is 22.6 Å². The van der Waals surface area contributed by atoms with Crippen LogP contribution >= 0.6 is 22.7 Å². The largest absolute Gasteiger partial charge is 0.375 e. The molecule has 23 heavy (non-hydrogen) atoms. The lowest BCUT2D eigenvalue weighted by Gasteiger charge is -2.39. The van der Waals surface area contributed by atoms with Crippen LogP contribution in [0.15, 0.2) is 28.4 Å². The molecule has 4 rings (SSSR count). The Morgan fingerprint density at radius 1 is 1.35 bits per heavy atom. The number of morpholine rings is 1. The minimum Gasteiger partial charge on any atom is -0.375 e. The summed E-state index contributed by atoms with van der Waals surface area (Å²) in [5.41, 5.74) is 1.43. The Morgan fingerprint density at radius 3 is 3.17 bits per heavy atom. The molecule has 2 fully saturated rings. The highest BCUT2D eigenvalue weighted by Crippen LogP contribution is 2.35. The summed E-state index contributed by atoms with van der Waals surface area (Å²) in [5.74, 6) is 0.519. The van der Waals surface area contributed by atoms with Gasteiger partial charge >= 0.3 is 0 Å². The van der Waals surface area contributed by atoms with E-state index in [1.54, 1.807) is 22.7 Å². The maximum absolute atomic E-state index is 6.12. The van der Waals surface area contributed by atoms with Crippen LogP contribution in [0.3, 0.4) is 0 Å². The van der Waals surface area contributed by atoms with E-state index in [0.717, 1.165) is 31.3 Å². The predicted octanol–water partition coefficient (Wildman–Crippen LogP) is 3.40. The van der Waals surface area contributed by atoms with Gasteiger partial charge in [0.1, 0.15) is 5.01 Å². The first-order valence-corrected chi connectivity index (χ1v) is 10.1. The summed E-state index contributed by atoms with van der Waals surface area (Å²) in [5, 5.41) is 7.48. The lowest BCUT2D eigenvalue weighted by molar-refractivity contribution is -0.0891. The van der Waals surface area contributed by atoms with Crippen molar-refractivity contribution in [2.24, 2.45) is 5.92 Å². The van der Waals surface area contributed by atoms with Crippen LogP contribution in [0.1, 0.15) is 23.4 Å². The van der Waals surface area contributed by atoms with Crippen molar-refractivity contribution >= 4 is 22.7 Å². The lowest BCUT2D eigenvalue weighted by Crippen LogP contribution is -2.50. The van der Waals surface area contributed by atoms with Gasteiger partial charge in [0, 0.05) is 36.6 Å². The number of ether oxygens (including phenoxy) is 2. The molecule has 0 unspecified atom stereocenters. The fourth-order valence-corrected chi connectivity index (χ4v) is 4.96. The van der Waals surface area contributed by atoms with E-state index in [-0.39, 0.29) is 0 Å². The Morgan fingerprint density at radius 2 is 2.35 bits per heavy atom. The molecular formula is C17H22N2O2S2. The fourth-order valence-electron chi connectivity index (χ4n) is 3.75. The van der Waals surface area contributed by atoms with Crippen molar-refractivity contribution in [3.8, 4) is 0 Å². The Balaban J connectivity index is 1.31. The Labute approximate surface area is 145 Å². The average molecular weight is 351 g/mol. The number of thiophene rings is 1. The van der Waals surface area contributed by atoms with Gasteiger partial charge in [0.15, 0.2) is 0 Å². The van der Waals surface area contributed by atoms with Crippen molar-refractivity contribution in [1.82, 2.24) is 9.88 Å². The molecule has 2 aromatic heterocycles. The van der Waals surface area contributed by atoms with Crippen LogP contribution in [0.4, 0.5) is 0 Å². The second-order valence-corrected chi connectivity index (χ2v) is 8.04. The summed E-state index contributed by atoms with van der Waals surface area (Å²) in [6.45, 7) is 4.36. The first-order valence-electron chi connectivity index (χ1n) is 8.23. The molecule has 2 aliphatic rings. The quantitative estimate of drug-likeness (QED) is 0.800. The van der Waals surface area contributed by atoms with Crippen LogP contribution in [0.2, 0.25) is 0 Å². The normalized spacial score (nSPS) is 28.1. The highest BCUT2D eigenvalue weighted by atomic mass is 32.1. The average Bonchev–Trinajstić information content (AvgIpc) is 3.30. The number of thiazole rings is 1. The third-order valence-corrected chi connectivity index (χ3v) is 6.33. The number of rotatable bonds is 6. The van der Waals surface area contributed by atoms with Crippen LogP contribution in [0.25, 0.3) is 0 Å². The zero-order valence-electron chi connectivity index (χ0n) is 13.1. The second kappa shape index (κ2) is 7.40. The molecule has 2 aromatic rings. The molecule has 0 spiro atoms. The SMILES string of the molecule is c1csc(COC[C@@H]2CC[C@H]3[C@H]2OCCN3Cc2ccsc2)n1. The van der Waals surface area contributed by atoms with Crippen LogP contribution in [-0.4, -0.2) is 41.8 Å². The van der Waals surface area contributed by atoms with E-state index >= 15 is 0 Å². The Bertz CT molecular complexity index is 588. The zero-order chi connectivity index (χ0) is 15.5. The summed E-state index contributed by atoms with van der Waals surface area (Å²) in [6, 6.07) is 2.79. The topological polar surface area (TPSA) is 34.6 Å². The van der Waals surface area contributed by atoms with Gasteiger partial charge in [-0.2, -0.15) is 11.3 Å². The highest BCUT2D eigenvalue weighted by molar-refractivity contribution is 7.09. The first kappa shape index (κ1) is 15.7. The van der Waals surface area contributed by atoms with Crippen molar-refractivity contribution in [2.45, 2.75) is 38.1 Å². The Kier molecular flexibility index (Phi) is 5.06. The van der Waals surface area contributed by atoms with Gasteiger partial charge in [-0.1, -0.05) is 0 Å². The Hall–Kier alpha value is -0.790. The first-order chi connectivity index (χ1) is 11.4. The molecular weight excluding hydrogens is 328 g/mol. The molecule has 1 aliphatic carbocycles. The molecule has 0 amide bonds. The van der Waals surface area contributed by atoms with Gasteiger partial charge in [0.25, 0.3) is 0 Å². The van der Waals surface area contributed by atoms with E-state index in [0.29, 0.717) is 24.7 Å². The van der Waals surface area contributed by atoms with Gasteiger partial charge in [0.05, 0.1) is 25.9 Å². The molecule has 6 heteroatoms. The van der Waals surface area contributed by atoms with Crippen molar-refractivity contribution in [2.75, 3.05) is 19.8 Å². The maximum Gasteiger partial charge on any atom is 0.118 e. The minimum absolute atomic E-state index is 0.332. The standard InChI is InChI=1S/C17H22N2O2S2/c1-2-15-17(14(1)10-20-11-16-18-4-8-23-16)21-6-5-19(15)9-13-3-7-22-12-13/h3-4,7-8,12,14-15,17H,1-2,5-6,9-11H2/t14-,15-,17-/m0/s1. The van der Waals surface area contributed by atoms with E-state index < -0.39 is 0 Å². The summed E-state index contributed by atoms with van der Waals surface area (Å²) in [7, 11) is 0. The predicted molar refractivity (Wildman–Crippen MR) is 92.8 cm³/mol. The fraction of sp³-hybridized carbons (Fsp3) is 0.588. The summed E-state index contributed by atoms with van der Waals surface area (Å²) in [6.07, 6.45) is 4.59. The van der Waals surface area contributed by atoms with Crippen LogP contribution < -0.4 is 0 Å². The molecule has 1 saturated carbocycles. The van der Waals surface area contributed by atoms with Crippen LogP contribution in [0.5, 0.6) is 0 Å². The van der Waals surface area contributed by atoms with Gasteiger partial charge in [-0.25, -0.2) is 4.98 Å². The van der Waals surface area contributed by atoms with E-state index in [9.17, 15) is 0 Å². The molecule has 4 nitrogen and oxygen atoms in total. The molecule has 3 atom stereocenters. The molecule has 1 saturated heterocycles. The number of hydrogen-bond acceptors (Lipinski definition) is 6. The number of hydrogen-bond donors (Lipinski definition) is 0. The third-order valence-electron chi connectivity index (χ3n) is 4.84. The summed E-state index contributed by atoms with van der Waals surface area (Å²) in [4.78, 5) is 6.88. The van der Waals surface area contributed by atoms with E-state index in [1.807, 2.05) is 11.6 Å². The van der Waals surface area contributed by atoms with E-state index in [4.69, 9.17) is 9.47 Å². The number of aromatic nitrogens is 1. The van der Waals surface area contributed by atoms with E-state index in [2.05, 4.69) is 26.7 Å². The molecule has 3 heterocycles. The monoisotopic (exact) mass is 350 g/mol. The summed E-state index contributed by atoms with van der Waals surface area (Å²) < 4.78 is 12.0.